The molecule has 0 atom stereocenters. The van der Waals surface area contributed by atoms with Gasteiger partial charge in [-0.2, -0.15) is 0 Å². The Kier molecular flexibility index (Phi) is 8.51. The van der Waals surface area contributed by atoms with Crippen LogP contribution in [0.4, 0.5) is 5.00 Å². The number of nitrogens with one attached hydrogen (secondary N) is 1. The number of rotatable bonds is 9. The summed E-state index contributed by atoms with van der Waals surface area (Å²) in [6, 6.07) is 6.01. The summed E-state index contributed by atoms with van der Waals surface area (Å²) in [4.78, 5) is 25.5. The van der Waals surface area contributed by atoms with Crippen LogP contribution in [0.5, 0.6) is 5.75 Å². The third-order valence-electron chi connectivity index (χ3n) is 4.33. The zero-order chi connectivity index (χ0) is 20.7. The normalized spacial score (nSPS) is 10.6. The second kappa shape index (κ2) is 10.6. The Morgan fingerprint density at radius 3 is 2.61 bits per heavy atom. The molecule has 1 N–H and O–H groups in total. The van der Waals surface area contributed by atoms with Crippen molar-refractivity contribution in [2.75, 3.05) is 18.5 Å². The maximum atomic E-state index is 12.3. The molecule has 0 aliphatic carbocycles. The van der Waals surface area contributed by atoms with E-state index in [9.17, 15) is 9.59 Å². The van der Waals surface area contributed by atoms with Crippen molar-refractivity contribution in [1.29, 1.82) is 0 Å². The summed E-state index contributed by atoms with van der Waals surface area (Å²) in [5.74, 6) is 0.228. The van der Waals surface area contributed by atoms with Crippen LogP contribution in [0.1, 0.15) is 53.1 Å². The van der Waals surface area contributed by atoms with Gasteiger partial charge in [0, 0.05) is 11.3 Å². The molecule has 5 nitrogen and oxygen atoms in total. The molecule has 7 heteroatoms. The number of thiophene rings is 1. The van der Waals surface area contributed by atoms with E-state index in [0.29, 0.717) is 36.6 Å². The van der Waals surface area contributed by atoms with Crippen LogP contribution in [0, 0.1) is 13.8 Å². The van der Waals surface area contributed by atoms with Crippen LogP contribution in [-0.4, -0.2) is 25.1 Å². The van der Waals surface area contributed by atoms with E-state index in [2.05, 4.69) is 28.2 Å². The number of anilines is 1. The molecule has 28 heavy (non-hydrogen) atoms. The van der Waals surface area contributed by atoms with Crippen LogP contribution in [-0.2, 0) is 16.0 Å². The summed E-state index contributed by atoms with van der Waals surface area (Å²) >= 11 is 4.90. The maximum Gasteiger partial charge on any atom is 0.341 e. The lowest BCUT2D eigenvalue weighted by molar-refractivity contribution is -0.116. The molecule has 1 heterocycles. The van der Waals surface area contributed by atoms with Crippen molar-refractivity contribution in [1.82, 2.24) is 0 Å². The van der Waals surface area contributed by atoms with Crippen molar-refractivity contribution in [2.24, 2.45) is 0 Å². The second-order valence-electron chi connectivity index (χ2n) is 6.33. The Balaban J connectivity index is 1.88. The summed E-state index contributed by atoms with van der Waals surface area (Å²) in [5.41, 5.74) is 2.54. The molecule has 0 saturated carbocycles. The molecule has 0 unspecified atom stereocenters. The van der Waals surface area contributed by atoms with Crippen molar-refractivity contribution >= 4 is 44.1 Å². The van der Waals surface area contributed by atoms with Crippen LogP contribution >= 0.6 is 27.3 Å². The number of hydrogen-bond donors (Lipinski definition) is 1. The molecule has 0 saturated heterocycles. The number of ether oxygens (including phenoxy) is 2. The van der Waals surface area contributed by atoms with Gasteiger partial charge in [0.1, 0.15) is 10.8 Å². The maximum absolute atomic E-state index is 12.3. The van der Waals surface area contributed by atoms with E-state index in [1.807, 2.05) is 32.0 Å². The van der Waals surface area contributed by atoms with Gasteiger partial charge in [-0.05, 0) is 72.8 Å². The van der Waals surface area contributed by atoms with Crippen LogP contribution < -0.4 is 10.1 Å². The van der Waals surface area contributed by atoms with Gasteiger partial charge in [0.2, 0.25) is 5.91 Å². The highest BCUT2D eigenvalue weighted by molar-refractivity contribution is 9.10. The summed E-state index contributed by atoms with van der Waals surface area (Å²) in [6.07, 6.45) is 1.85. The van der Waals surface area contributed by atoms with Gasteiger partial charge in [0.05, 0.1) is 23.2 Å². The van der Waals surface area contributed by atoms with E-state index < -0.39 is 5.97 Å². The molecule has 0 spiro atoms. The quantitative estimate of drug-likeness (QED) is 0.381. The first-order valence-corrected chi connectivity index (χ1v) is 11.0. The number of aryl methyl sites for hydroxylation is 2. The van der Waals surface area contributed by atoms with Crippen molar-refractivity contribution in [3.05, 3.63) is 44.2 Å². The van der Waals surface area contributed by atoms with Crippen LogP contribution in [0.15, 0.2) is 22.7 Å². The van der Waals surface area contributed by atoms with Gasteiger partial charge in [-0.25, -0.2) is 4.79 Å². The zero-order valence-electron chi connectivity index (χ0n) is 16.7. The van der Waals surface area contributed by atoms with E-state index in [-0.39, 0.29) is 5.91 Å². The minimum Gasteiger partial charge on any atom is -0.492 e. The third-order valence-corrected chi connectivity index (χ3v) is 6.07. The second-order valence-corrected chi connectivity index (χ2v) is 8.41. The van der Waals surface area contributed by atoms with Gasteiger partial charge >= 0.3 is 5.97 Å². The largest absolute Gasteiger partial charge is 0.492 e. The SMILES string of the molecule is CCOC(=O)c1c(NC(=O)CCCOc2ccc(CC)cc2Br)sc(C)c1C. The number of amides is 1. The molecule has 152 valence electrons. The topological polar surface area (TPSA) is 64.6 Å². The summed E-state index contributed by atoms with van der Waals surface area (Å²) < 4.78 is 11.8. The average molecular weight is 468 g/mol. The number of carbonyl (C=O) groups excluding carboxylic acids is 2. The molecule has 0 aliphatic rings. The molecule has 2 rings (SSSR count). The van der Waals surface area contributed by atoms with Gasteiger partial charge in [-0.3, -0.25) is 4.79 Å². The van der Waals surface area contributed by atoms with Crippen molar-refractivity contribution in [3.63, 3.8) is 0 Å². The van der Waals surface area contributed by atoms with Gasteiger partial charge in [0.15, 0.2) is 0 Å². The monoisotopic (exact) mass is 467 g/mol. The Morgan fingerprint density at radius 2 is 1.96 bits per heavy atom. The zero-order valence-corrected chi connectivity index (χ0v) is 19.1. The highest BCUT2D eigenvalue weighted by Crippen LogP contribution is 2.33. The standard InChI is InChI=1S/C21H26BrNO4S/c1-5-15-9-10-17(16(22)12-15)27-11-7-8-18(24)23-20-19(21(25)26-6-2)13(3)14(4)28-20/h9-10,12H,5-8,11H2,1-4H3,(H,23,24). The van der Waals surface area contributed by atoms with Gasteiger partial charge in [-0.15, -0.1) is 11.3 Å². The van der Waals surface area contributed by atoms with Gasteiger partial charge < -0.3 is 14.8 Å². The molecule has 0 fully saturated rings. The first kappa shape index (κ1) is 22.4. The predicted octanol–water partition coefficient (Wildman–Crippen LogP) is 5.66. The molecule has 1 aromatic carbocycles. The van der Waals surface area contributed by atoms with E-state index in [4.69, 9.17) is 9.47 Å². The fourth-order valence-corrected chi connectivity index (χ4v) is 4.25. The molecule has 1 amide bonds. The van der Waals surface area contributed by atoms with Crippen LogP contribution in [0.2, 0.25) is 0 Å². The molecule has 1 aromatic heterocycles. The predicted molar refractivity (Wildman–Crippen MR) is 117 cm³/mol. The Bertz CT molecular complexity index is 847. The summed E-state index contributed by atoms with van der Waals surface area (Å²) in [7, 11) is 0. The molecular formula is C21H26BrNO4S. The fourth-order valence-electron chi connectivity index (χ4n) is 2.65. The van der Waals surface area contributed by atoms with Gasteiger partial charge in [0.25, 0.3) is 0 Å². The summed E-state index contributed by atoms with van der Waals surface area (Å²) in [5, 5.41) is 3.40. The smallest absolute Gasteiger partial charge is 0.341 e. The highest BCUT2D eigenvalue weighted by atomic mass is 79.9. The van der Waals surface area contributed by atoms with Crippen molar-refractivity contribution in [2.45, 2.75) is 47.0 Å². The molecule has 2 aromatic rings. The highest BCUT2D eigenvalue weighted by Gasteiger charge is 2.21. The lowest BCUT2D eigenvalue weighted by Gasteiger charge is -2.10. The number of carbonyl (C=O) groups is 2. The van der Waals surface area contributed by atoms with Gasteiger partial charge in [-0.1, -0.05) is 13.0 Å². The Hall–Kier alpha value is -1.86. The fraction of sp³-hybridized carbons (Fsp3) is 0.429. The van der Waals surface area contributed by atoms with Crippen molar-refractivity contribution < 1.29 is 19.1 Å². The first-order chi connectivity index (χ1) is 13.4. The van der Waals surface area contributed by atoms with Crippen molar-refractivity contribution in [3.8, 4) is 5.75 Å². The lowest BCUT2D eigenvalue weighted by Crippen LogP contribution is -2.15. The van der Waals surface area contributed by atoms with Crippen LogP contribution in [0.3, 0.4) is 0 Å². The first-order valence-electron chi connectivity index (χ1n) is 9.35. The Labute approximate surface area is 178 Å². The van der Waals surface area contributed by atoms with E-state index in [1.54, 1.807) is 6.92 Å². The molecule has 0 bridgehead atoms. The third kappa shape index (κ3) is 5.82. The van der Waals surface area contributed by atoms with E-state index in [0.717, 1.165) is 27.1 Å². The number of esters is 1. The number of halogens is 1. The van der Waals surface area contributed by atoms with E-state index in [1.165, 1.54) is 16.9 Å². The number of hydrogen-bond acceptors (Lipinski definition) is 5. The van der Waals surface area contributed by atoms with E-state index >= 15 is 0 Å². The Morgan fingerprint density at radius 1 is 1.21 bits per heavy atom. The number of benzene rings is 1. The minimum absolute atomic E-state index is 0.143. The molecule has 0 radical (unpaired) electrons. The summed E-state index contributed by atoms with van der Waals surface area (Å²) in [6.45, 7) is 8.39. The van der Waals surface area contributed by atoms with Crippen LogP contribution in [0.25, 0.3) is 0 Å². The minimum atomic E-state index is -0.400. The average Bonchev–Trinajstić information content (AvgIpc) is 2.93. The molecule has 0 aliphatic heterocycles. The molecular weight excluding hydrogens is 442 g/mol. The lowest BCUT2D eigenvalue weighted by atomic mass is 10.1.